The summed E-state index contributed by atoms with van der Waals surface area (Å²) < 4.78 is 119. The number of aromatic nitrogens is 2. The van der Waals surface area contributed by atoms with E-state index in [2.05, 4.69) is 28.2 Å². The number of hydrogen-bond acceptors (Lipinski definition) is 4. The first-order valence-electron chi connectivity index (χ1n) is 13.9. The van der Waals surface area contributed by atoms with E-state index in [1.54, 1.807) is 0 Å². The molecule has 2 aromatic carbocycles. The van der Waals surface area contributed by atoms with Crippen molar-refractivity contribution in [2.45, 2.75) is 64.2 Å². The van der Waals surface area contributed by atoms with Gasteiger partial charge >= 0.3 is 0 Å². The van der Waals surface area contributed by atoms with Crippen LogP contribution in [-0.2, 0) is 4.79 Å². The number of unbranched alkanes of at least 4 members (excludes halogenated alkanes) is 8. The van der Waals surface area contributed by atoms with Crippen LogP contribution < -0.4 is 10.6 Å². The van der Waals surface area contributed by atoms with Crippen molar-refractivity contribution < 1.29 is 39.9 Å². The largest absolute Gasteiger partial charge is 0.378 e. The molecule has 3 rings (SSSR count). The van der Waals surface area contributed by atoms with Crippen molar-refractivity contribution in [2.75, 3.05) is 24.2 Å². The van der Waals surface area contributed by atoms with Gasteiger partial charge in [-0.25, -0.2) is 40.1 Å². The molecular formula is C29H32F8N4OS. The molecule has 14 heteroatoms. The summed E-state index contributed by atoms with van der Waals surface area (Å²) in [6.07, 6.45) is 12.4. The first kappa shape index (κ1) is 34.2. The Morgan fingerprint density at radius 1 is 0.674 bits per heavy atom. The highest BCUT2D eigenvalue weighted by Crippen LogP contribution is 2.40. The smallest absolute Gasteiger partial charge is 0.220 e. The molecule has 0 radical (unpaired) electrons. The summed E-state index contributed by atoms with van der Waals surface area (Å²) in [6, 6.07) is 0. The van der Waals surface area contributed by atoms with E-state index >= 15 is 0 Å². The van der Waals surface area contributed by atoms with Gasteiger partial charge in [0, 0.05) is 31.9 Å². The number of imidazole rings is 1. The van der Waals surface area contributed by atoms with Crippen molar-refractivity contribution in [3.8, 4) is 16.8 Å². The van der Waals surface area contributed by atoms with E-state index < -0.39 is 69.0 Å². The van der Waals surface area contributed by atoms with Crippen LogP contribution in [0.25, 0.3) is 16.8 Å². The molecule has 0 atom stereocenters. The number of nitrogens with zero attached hydrogens (tertiary/aromatic N) is 2. The average molecular weight is 637 g/mol. The Labute approximate surface area is 249 Å². The summed E-state index contributed by atoms with van der Waals surface area (Å²) in [5, 5.41) is 4.59. The summed E-state index contributed by atoms with van der Waals surface area (Å²) in [6.45, 7) is -0.527. The second kappa shape index (κ2) is 16.5. The number of halogens is 8. The first-order chi connectivity index (χ1) is 20.6. The number of amides is 1. The molecule has 1 heterocycles. The highest BCUT2D eigenvalue weighted by Gasteiger charge is 2.34. The number of carbonyl (C=O) groups is 1. The van der Waals surface area contributed by atoms with Gasteiger partial charge in [-0.2, -0.15) is 12.6 Å². The van der Waals surface area contributed by atoms with Crippen molar-refractivity contribution >= 4 is 24.2 Å². The zero-order valence-electron chi connectivity index (χ0n) is 23.2. The van der Waals surface area contributed by atoms with Crippen LogP contribution in [0.4, 0.5) is 40.8 Å². The fraction of sp³-hybridized carbons (Fsp3) is 0.448. The van der Waals surface area contributed by atoms with Crippen LogP contribution >= 0.6 is 12.6 Å². The number of carbonyl (C=O) groups excluding carboxylic acids is 1. The highest BCUT2D eigenvalue weighted by molar-refractivity contribution is 7.80. The van der Waals surface area contributed by atoms with Gasteiger partial charge in [0.1, 0.15) is 11.4 Å². The molecule has 0 saturated heterocycles. The highest BCUT2D eigenvalue weighted by atomic mass is 32.1. The van der Waals surface area contributed by atoms with Gasteiger partial charge in [-0.1, -0.05) is 44.9 Å². The van der Waals surface area contributed by atoms with Crippen molar-refractivity contribution in [3.63, 3.8) is 0 Å². The van der Waals surface area contributed by atoms with Crippen molar-refractivity contribution in [1.82, 2.24) is 14.9 Å². The maximum atomic E-state index is 14.9. The Balaban J connectivity index is 1.58. The number of hydrogen-bond donors (Lipinski definition) is 3. The van der Waals surface area contributed by atoms with Gasteiger partial charge in [-0.15, -0.1) is 0 Å². The fourth-order valence-electron chi connectivity index (χ4n) is 4.58. The van der Waals surface area contributed by atoms with E-state index in [4.69, 9.17) is 0 Å². The standard InChI is InChI=1S/C29H32F8N4OS/c30-20-18(19-22(32)26(36)29(27(37)23(19)33)41-14-13-38-16-41)21(31)25(35)28(24(20)34)40-12-11-39-17(42)10-8-6-4-2-1-3-5-7-9-15-43/h13-14,16,40,43H,1-12,15H2,(H,39,42). The third-order valence-electron chi connectivity index (χ3n) is 6.83. The maximum Gasteiger partial charge on any atom is 0.220 e. The van der Waals surface area contributed by atoms with E-state index in [1.807, 2.05) is 0 Å². The molecule has 0 saturated carbocycles. The van der Waals surface area contributed by atoms with E-state index in [0.29, 0.717) is 11.0 Å². The zero-order chi connectivity index (χ0) is 31.5. The van der Waals surface area contributed by atoms with Crippen molar-refractivity contribution in [2.24, 2.45) is 0 Å². The van der Waals surface area contributed by atoms with Crippen LogP contribution in [0.5, 0.6) is 0 Å². The molecule has 0 bridgehead atoms. The van der Waals surface area contributed by atoms with Gasteiger partial charge in [0.05, 0.1) is 17.5 Å². The molecule has 0 unspecified atom stereocenters. The first-order valence-corrected chi connectivity index (χ1v) is 14.6. The van der Waals surface area contributed by atoms with E-state index in [1.165, 1.54) is 19.3 Å². The number of rotatable bonds is 17. The Hall–Kier alpha value is -3.29. The van der Waals surface area contributed by atoms with E-state index in [9.17, 15) is 39.9 Å². The van der Waals surface area contributed by atoms with Crippen molar-refractivity contribution in [3.05, 3.63) is 65.3 Å². The predicted molar refractivity (Wildman–Crippen MR) is 150 cm³/mol. The molecule has 0 aliphatic heterocycles. The molecule has 1 amide bonds. The Bertz CT molecular complexity index is 1330. The van der Waals surface area contributed by atoms with Crippen LogP contribution in [0.3, 0.4) is 0 Å². The molecule has 43 heavy (non-hydrogen) atoms. The third-order valence-corrected chi connectivity index (χ3v) is 7.14. The summed E-state index contributed by atoms with van der Waals surface area (Å²) >= 11 is 4.18. The second-order valence-electron chi connectivity index (χ2n) is 9.89. The lowest BCUT2D eigenvalue weighted by atomic mass is 10.00. The number of nitrogens with one attached hydrogen (secondary N) is 2. The van der Waals surface area contributed by atoms with Crippen LogP contribution in [0.2, 0.25) is 0 Å². The number of anilines is 1. The van der Waals surface area contributed by atoms with Gasteiger partial charge < -0.3 is 15.2 Å². The Kier molecular flexibility index (Phi) is 13.1. The number of thiol groups is 1. The minimum atomic E-state index is -2.28. The third kappa shape index (κ3) is 8.42. The fourth-order valence-corrected chi connectivity index (χ4v) is 4.80. The van der Waals surface area contributed by atoms with Crippen LogP contribution in [-0.4, -0.2) is 34.3 Å². The Morgan fingerprint density at radius 3 is 1.65 bits per heavy atom. The SMILES string of the molecule is O=C(CCCCCCCCCCCS)NCCNc1c(F)c(F)c(-c2c(F)c(F)c(-n3ccnc3)c(F)c2F)c(F)c1F. The summed E-state index contributed by atoms with van der Waals surface area (Å²) in [4.78, 5) is 15.5. The van der Waals surface area contributed by atoms with Gasteiger partial charge in [0.25, 0.3) is 0 Å². The summed E-state index contributed by atoms with van der Waals surface area (Å²) in [5.74, 6) is -16.8. The molecule has 0 aliphatic carbocycles. The molecular weight excluding hydrogens is 604 g/mol. The molecule has 0 spiro atoms. The molecule has 3 aromatic rings. The van der Waals surface area contributed by atoms with E-state index in [0.717, 1.165) is 56.6 Å². The van der Waals surface area contributed by atoms with Crippen molar-refractivity contribution in [1.29, 1.82) is 0 Å². The minimum Gasteiger partial charge on any atom is -0.378 e. The monoisotopic (exact) mass is 636 g/mol. The second-order valence-corrected chi connectivity index (χ2v) is 10.3. The topological polar surface area (TPSA) is 59.0 Å². The van der Waals surface area contributed by atoms with E-state index in [-0.39, 0.29) is 25.4 Å². The zero-order valence-corrected chi connectivity index (χ0v) is 24.1. The van der Waals surface area contributed by atoms with Crippen LogP contribution in [0.1, 0.15) is 64.2 Å². The lowest BCUT2D eigenvalue weighted by Gasteiger charge is -2.16. The molecule has 2 N–H and O–H groups in total. The summed E-state index contributed by atoms with van der Waals surface area (Å²) in [7, 11) is 0. The lowest BCUT2D eigenvalue weighted by Crippen LogP contribution is -2.29. The minimum absolute atomic E-state index is 0.162. The van der Waals surface area contributed by atoms with Gasteiger partial charge in [-0.3, -0.25) is 4.79 Å². The predicted octanol–water partition coefficient (Wildman–Crippen LogP) is 8.01. The molecule has 5 nitrogen and oxygen atoms in total. The maximum absolute atomic E-state index is 14.9. The quantitative estimate of drug-likeness (QED) is 0.0609. The lowest BCUT2D eigenvalue weighted by molar-refractivity contribution is -0.121. The van der Waals surface area contributed by atoms with Crippen LogP contribution in [0.15, 0.2) is 18.7 Å². The van der Waals surface area contributed by atoms with Gasteiger partial charge in [-0.05, 0) is 18.6 Å². The average Bonchev–Trinajstić information content (AvgIpc) is 3.52. The molecule has 0 aliphatic rings. The molecule has 1 aromatic heterocycles. The Morgan fingerprint density at radius 2 is 1.16 bits per heavy atom. The molecule has 0 fully saturated rings. The normalized spacial score (nSPS) is 11.3. The van der Waals surface area contributed by atoms with Gasteiger partial charge in [0.15, 0.2) is 46.5 Å². The summed E-state index contributed by atoms with van der Waals surface area (Å²) in [5.41, 5.74) is -6.54. The molecule has 236 valence electrons. The number of benzene rings is 2. The van der Waals surface area contributed by atoms with Crippen LogP contribution in [0, 0.1) is 46.5 Å². The van der Waals surface area contributed by atoms with Gasteiger partial charge in [0.2, 0.25) is 5.91 Å².